The lowest BCUT2D eigenvalue weighted by Crippen LogP contribution is -2.16. The van der Waals surface area contributed by atoms with Gasteiger partial charge in [0.25, 0.3) is 11.8 Å². The van der Waals surface area contributed by atoms with Gasteiger partial charge < -0.3 is 15.1 Å². The summed E-state index contributed by atoms with van der Waals surface area (Å²) in [5, 5.41) is 5.58. The zero-order valence-corrected chi connectivity index (χ0v) is 14.5. The molecule has 7 heteroatoms. The van der Waals surface area contributed by atoms with Gasteiger partial charge in [0.05, 0.1) is 12.0 Å². The van der Waals surface area contributed by atoms with Crippen molar-refractivity contribution in [2.75, 3.05) is 10.6 Å². The Morgan fingerprint density at radius 2 is 1.74 bits per heavy atom. The Morgan fingerprint density at radius 1 is 0.963 bits per heavy atom. The van der Waals surface area contributed by atoms with E-state index in [1.165, 1.54) is 6.26 Å². The molecule has 4 rings (SSSR count). The van der Waals surface area contributed by atoms with Gasteiger partial charge in [0.1, 0.15) is 11.3 Å². The molecule has 0 aliphatic heterocycles. The number of pyridine rings is 1. The van der Waals surface area contributed by atoms with Gasteiger partial charge in [0, 0.05) is 17.6 Å². The van der Waals surface area contributed by atoms with Crippen molar-refractivity contribution in [3.8, 4) is 0 Å². The number of fused-ring (bicyclic) bond motifs is 1. The molecule has 1 aromatic carbocycles. The average Bonchev–Trinajstić information content (AvgIpc) is 3.29. The molecule has 134 valence electrons. The van der Waals surface area contributed by atoms with Crippen LogP contribution in [-0.4, -0.2) is 21.2 Å². The maximum atomic E-state index is 12.8. The number of amides is 2. The molecular weight excluding hydrogens is 344 g/mol. The quantitative estimate of drug-likeness (QED) is 0.580. The van der Waals surface area contributed by atoms with Crippen molar-refractivity contribution in [3.05, 3.63) is 84.2 Å². The average molecular weight is 360 g/mol. The molecule has 0 fully saturated rings. The molecule has 3 aromatic heterocycles. The Balaban J connectivity index is 1.55. The number of carbonyl (C=O) groups is 2. The SMILES string of the molecule is Cc1nc2ccccn2c1C(=O)Nc1cccc(NC(=O)c2ccco2)c1. The summed E-state index contributed by atoms with van der Waals surface area (Å²) in [6.07, 6.45) is 3.23. The van der Waals surface area contributed by atoms with Gasteiger partial charge in [0.2, 0.25) is 0 Å². The van der Waals surface area contributed by atoms with Crippen molar-refractivity contribution in [2.45, 2.75) is 6.92 Å². The van der Waals surface area contributed by atoms with Crippen molar-refractivity contribution in [2.24, 2.45) is 0 Å². The number of hydrogen-bond acceptors (Lipinski definition) is 4. The van der Waals surface area contributed by atoms with E-state index in [9.17, 15) is 9.59 Å². The van der Waals surface area contributed by atoms with E-state index < -0.39 is 0 Å². The highest BCUT2D eigenvalue weighted by molar-refractivity contribution is 6.05. The van der Waals surface area contributed by atoms with Crippen molar-refractivity contribution < 1.29 is 14.0 Å². The van der Waals surface area contributed by atoms with Crippen LogP contribution < -0.4 is 10.6 Å². The van der Waals surface area contributed by atoms with Gasteiger partial charge in [-0.05, 0) is 49.4 Å². The minimum Gasteiger partial charge on any atom is -0.459 e. The molecule has 0 aliphatic rings. The second kappa shape index (κ2) is 6.80. The minimum atomic E-state index is -0.360. The van der Waals surface area contributed by atoms with Crippen LogP contribution in [0.1, 0.15) is 26.7 Å². The maximum Gasteiger partial charge on any atom is 0.291 e. The first-order valence-corrected chi connectivity index (χ1v) is 8.32. The number of imidazole rings is 1. The number of rotatable bonds is 4. The molecule has 4 aromatic rings. The van der Waals surface area contributed by atoms with Crippen molar-refractivity contribution in [1.82, 2.24) is 9.38 Å². The first kappa shape index (κ1) is 16.6. The molecule has 0 spiro atoms. The van der Waals surface area contributed by atoms with Crippen LogP contribution in [0.15, 0.2) is 71.5 Å². The molecule has 0 saturated heterocycles. The number of aryl methyl sites for hydroxylation is 1. The van der Waals surface area contributed by atoms with E-state index in [2.05, 4.69) is 15.6 Å². The molecule has 0 aliphatic carbocycles. The van der Waals surface area contributed by atoms with Crippen molar-refractivity contribution in [3.63, 3.8) is 0 Å². The predicted octanol–water partition coefficient (Wildman–Crippen LogP) is 3.74. The van der Waals surface area contributed by atoms with Crippen LogP contribution in [0.5, 0.6) is 0 Å². The largest absolute Gasteiger partial charge is 0.459 e. The fourth-order valence-corrected chi connectivity index (χ4v) is 2.85. The second-order valence-electron chi connectivity index (χ2n) is 5.94. The van der Waals surface area contributed by atoms with E-state index in [-0.39, 0.29) is 17.6 Å². The topological polar surface area (TPSA) is 88.6 Å². The third-order valence-electron chi connectivity index (χ3n) is 4.04. The molecule has 0 bridgehead atoms. The summed E-state index contributed by atoms with van der Waals surface area (Å²) < 4.78 is 6.82. The summed E-state index contributed by atoms with van der Waals surface area (Å²) >= 11 is 0. The zero-order valence-electron chi connectivity index (χ0n) is 14.5. The Bertz CT molecular complexity index is 1130. The van der Waals surface area contributed by atoms with Crippen LogP contribution in [0.25, 0.3) is 5.65 Å². The lowest BCUT2D eigenvalue weighted by Gasteiger charge is -2.09. The highest BCUT2D eigenvalue weighted by Gasteiger charge is 2.17. The molecule has 0 atom stereocenters. The molecule has 0 unspecified atom stereocenters. The lowest BCUT2D eigenvalue weighted by molar-refractivity contribution is 0.0994. The van der Waals surface area contributed by atoms with Crippen molar-refractivity contribution >= 4 is 28.8 Å². The number of nitrogens with zero attached hydrogens (tertiary/aromatic N) is 2. The van der Waals surface area contributed by atoms with Gasteiger partial charge in [-0.15, -0.1) is 0 Å². The van der Waals surface area contributed by atoms with E-state index in [4.69, 9.17) is 4.42 Å². The van der Waals surface area contributed by atoms with Gasteiger partial charge in [-0.25, -0.2) is 4.98 Å². The first-order valence-electron chi connectivity index (χ1n) is 8.32. The predicted molar refractivity (Wildman–Crippen MR) is 101 cm³/mol. The Labute approximate surface area is 154 Å². The van der Waals surface area contributed by atoms with Crippen LogP contribution in [0, 0.1) is 6.92 Å². The molecular formula is C20H16N4O3. The minimum absolute atomic E-state index is 0.214. The third-order valence-corrected chi connectivity index (χ3v) is 4.04. The molecule has 0 radical (unpaired) electrons. The molecule has 27 heavy (non-hydrogen) atoms. The maximum absolute atomic E-state index is 12.8. The van der Waals surface area contributed by atoms with Crippen LogP contribution in [0.4, 0.5) is 11.4 Å². The molecule has 7 nitrogen and oxygen atoms in total. The highest BCUT2D eigenvalue weighted by atomic mass is 16.3. The monoisotopic (exact) mass is 360 g/mol. The Hall–Kier alpha value is -3.87. The van der Waals surface area contributed by atoms with Gasteiger partial charge in [-0.2, -0.15) is 0 Å². The molecule has 0 saturated carbocycles. The van der Waals surface area contributed by atoms with Crippen LogP contribution in [0.2, 0.25) is 0 Å². The Kier molecular flexibility index (Phi) is 4.18. The summed E-state index contributed by atoms with van der Waals surface area (Å²) in [7, 11) is 0. The van der Waals surface area contributed by atoms with E-state index in [0.717, 1.165) is 0 Å². The normalized spacial score (nSPS) is 10.7. The highest BCUT2D eigenvalue weighted by Crippen LogP contribution is 2.19. The summed E-state index contributed by atoms with van der Waals surface area (Å²) in [6.45, 7) is 1.79. The number of benzene rings is 1. The summed E-state index contributed by atoms with van der Waals surface area (Å²) in [5.41, 5.74) is 2.92. The van der Waals surface area contributed by atoms with Gasteiger partial charge >= 0.3 is 0 Å². The smallest absolute Gasteiger partial charge is 0.291 e. The van der Waals surface area contributed by atoms with E-state index >= 15 is 0 Å². The number of anilines is 2. The molecule has 2 amide bonds. The van der Waals surface area contributed by atoms with Gasteiger partial charge in [-0.3, -0.25) is 14.0 Å². The summed E-state index contributed by atoms with van der Waals surface area (Å²) in [5.74, 6) is -0.424. The zero-order chi connectivity index (χ0) is 18.8. The standard InChI is InChI=1S/C20H16N4O3/c1-13-18(24-10-3-2-9-17(24)21-13)20(26)23-15-7-4-6-14(12-15)22-19(25)16-8-5-11-27-16/h2-12H,1H3,(H,22,25)(H,23,26). The van der Waals surface area contributed by atoms with E-state index in [0.29, 0.717) is 28.4 Å². The fraction of sp³-hybridized carbons (Fsp3) is 0.0500. The van der Waals surface area contributed by atoms with Crippen molar-refractivity contribution in [1.29, 1.82) is 0 Å². The lowest BCUT2D eigenvalue weighted by atomic mass is 10.2. The van der Waals surface area contributed by atoms with Crippen LogP contribution in [0.3, 0.4) is 0 Å². The fourth-order valence-electron chi connectivity index (χ4n) is 2.85. The second-order valence-corrected chi connectivity index (χ2v) is 5.94. The number of furan rings is 1. The van der Waals surface area contributed by atoms with Gasteiger partial charge in [-0.1, -0.05) is 12.1 Å². The number of hydrogen-bond donors (Lipinski definition) is 2. The third kappa shape index (κ3) is 3.30. The van der Waals surface area contributed by atoms with Crippen LogP contribution in [-0.2, 0) is 0 Å². The van der Waals surface area contributed by atoms with Gasteiger partial charge in [0.15, 0.2) is 5.76 Å². The van der Waals surface area contributed by atoms with E-state index in [1.54, 1.807) is 53.9 Å². The molecule has 3 heterocycles. The Morgan fingerprint density at radius 3 is 2.48 bits per heavy atom. The van der Waals surface area contributed by atoms with Crippen LogP contribution >= 0.6 is 0 Å². The number of aromatic nitrogens is 2. The first-order chi connectivity index (χ1) is 13.1. The number of nitrogens with one attached hydrogen (secondary N) is 2. The molecule has 2 N–H and O–H groups in total. The van der Waals surface area contributed by atoms with E-state index in [1.807, 2.05) is 18.2 Å². The number of carbonyl (C=O) groups excluding carboxylic acids is 2. The summed E-state index contributed by atoms with van der Waals surface area (Å²) in [4.78, 5) is 29.2. The summed E-state index contributed by atoms with van der Waals surface area (Å²) in [6, 6.07) is 15.7.